The van der Waals surface area contributed by atoms with Gasteiger partial charge < -0.3 is 19.3 Å². The maximum atomic E-state index is 12.3. The van der Waals surface area contributed by atoms with E-state index >= 15 is 0 Å². The van der Waals surface area contributed by atoms with Gasteiger partial charge >= 0.3 is 5.97 Å². The molecule has 25 heavy (non-hydrogen) atoms. The molecule has 1 saturated heterocycles. The second-order valence-corrected chi connectivity index (χ2v) is 9.30. The summed E-state index contributed by atoms with van der Waals surface area (Å²) in [6.07, 6.45) is 6.95. The number of hydrogen-bond acceptors (Lipinski definition) is 5. The van der Waals surface area contributed by atoms with Crippen LogP contribution in [-0.2, 0) is 19.0 Å². The van der Waals surface area contributed by atoms with E-state index in [1.54, 1.807) is 7.11 Å². The third-order valence-electron chi connectivity index (χ3n) is 8.29. The van der Waals surface area contributed by atoms with Gasteiger partial charge in [-0.2, -0.15) is 0 Å². The number of esters is 1. The van der Waals surface area contributed by atoms with E-state index in [0.717, 1.165) is 38.5 Å². The smallest absolute Gasteiger partial charge is 0.314 e. The van der Waals surface area contributed by atoms with Gasteiger partial charge in [0.2, 0.25) is 6.29 Å². The number of aliphatic hydroxyl groups is 1. The van der Waals surface area contributed by atoms with E-state index in [2.05, 4.69) is 6.92 Å². The molecule has 0 aromatic heterocycles. The number of rotatable bonds is 3. The molecule has 0 radical (unpaired) electrons. The van der Waals surface area contributed by atoms with Crippen molar-refractivity contribution in [3.05, 3.63) is 0 Å². The fourth-order valence-electron chi connectivity index (χ4n) is 6.87. The maximum Gasteiger partial charge on any atom is 0.314 e. The normalized spacial score (nSPS) is 52.1. The Hall–Kier alpha value is -0.650. The standard InChI is InChI=1S/C20H32O5/c1-19-8-6-13(24-11-23-3)10-12(19)4-5-14-15(19)7-9-20(2)16(14)17(21)25-18(20)22/h12-17,21H,4-11H2,1-3H3/t12-,13-,14+,15-,16-,17?,19-,20-/m0/s1. The highest BCUT2D eigenvalue weighted by Crippen LogP contribution is 2.65. The molecule has 4 aliphatic rings. The summed E-state index contributed by atoms with van der Waals surface area (Å²) < 4.78 is 16.2. The van der Waals surface area contributed by atoms with Gasteiger partial charge in [0.25, 0.3) is 0 Å². The van der Waals surface area contributed by atoms with Crippen LogP contribution >= 0.6 is 0 Å². The molecule has 3 saturated carbocycles. The summed E-state index contributed by atoms with van der Waals surface area (Å²) in [5, 5.41) is 10.4. The van der Waals surface area contributed by atoms with E-state index in [9.17, 15) is 9.90 Å². The Morgan fingerprint density at radius 2 is 2.00 bits per heavy atom. The minimum Gasteiger partial charge on any atom is -0.435 e. The summed E-state index contributed by atoms with van der Waals surface area (Å²) in [5.74, 6) is 1.44. The van der Waals surface area contributed by atoms with Crippen LogP contribution in [-0.4, -0.2) is 37.4 Å². The van der Waals surface area contributed by atoms with E-state index in [-0.39, 0.29) is 11.9 Å². The van der Waals surface area contributed by atoms with Gasteiger partial charge in [-0.25, -0.2) is 0 Å². The number of cyclic esters (lactones) is 1. The molecule has 0 bridgehead atoms. The second kappa shape index (κ2) is 6.21. The van der Waals surface area contributed by atoms with Crippen LogP contribution in [0.5, 0.6) is 0 Å². The van der Waals surface area contributed by atoms with E-state index < -0.39 is 11.7 Å². The number of hydrogen-bond donors (Lipinski definition) is 1. The predicted octanol–water partition coefficient (Wildman–Crippen LogP) is 3.10. The van der Waals surface area contributed by atoms with Gasteiger partial charge in [0.05, 0.1) is 11.5 Å². The van der Waals surface area contributed by atoms with Crippen LogP contribution < -0.4 is 0 Å². The van der Waals surface area contributed by atoms with Crippen LogP contribution in [0.3, 0.4) is 0 Å². The van der Waals surface area contributed by atoms with Crippen LogP contribution in [0.15, 0.2) is 0 Å². The Kier molecular flexibility index (Phi) is 4.41. The van der Waals surface area contributed by atoms with Crippen molar-refractivity contribution in [1.82, 2.24) is 0 Å². The molecule has 1 unspecified atom stereocenters. The average Bonchev–Trinajstić information content (AvgIpc) is 2.82. The van der Waals surface area contributed by atoms with Crippen molar-refractivity contribution in [2.24, 2.45) is 34.5 Å². The third kappa shape index (κ3) is 2.57. The van der Waals surface area contributed by atoms with Gasteiger partial charge in [-0.3, -0.25) is 4.79 Å². The van der Waals surface area contributed by atoms with E-state index in [1.807, 2.05) is 6.92 Å². The molecule has 5 heteroatoms. The highest BCUT2D eigenvalue weighted by atomic mass is 16.7. The van der Waals surface area contributed by atoms with Gasteiger partial charge in [0, 0.05) is 13.0 Å². The molecule has 0 spiro atoms. The highest BCUT2D eigenvalue weighted by Gasteiger charge is 2.64. The number of fused-ring (bicyclic) bond motifs is 5. The van der Waals surface area contributed by atoms with Gasteiger partial charge in [-0.1, -0.05) is 6.92 Å². The summed E-state index contributed by atoms with van der Waals surface area (Å²) >= 11 is 0. The number of methoxy groups -OCH3 is 1. The first-order chi connectivity index (χ1) is 11.9. The summed E-state index contributed by atoms with van der Waals surface area (Å²) in [7, 11) is 1.67. The van der Waals surface area contributed by atoms with Crippen molar-refractivity contribution in [3.8, 4) is 0 Å². The van der Waals surface area contributed by atoms with Crippen LogP contribution in [0.25, 0.3) is 0 Å². The monoisotopic (exact) mass is 352 g/mol. The number of carbonyl (C=O) groups is 1. The molecule has 3 aliphatic carbocycles. The lowest BCUT2D eigenvalue weighted by atomic mass is 9.45. The first-order valence-electron chi connectivity index (χ1n) is 9.90. The van der Waals surface area contributed by atoms with Crippen LogP contribution in [0.1, 0.15) is 58.8 Å². The first-order valence-corrected chi connectivity index (χ1v) is 9.90. The van der Waals surface area contributed by atoms with Crippen molar-refractivity contribution in [2.75, 3.05) is 13.9 Å². The molecular formula is C20H32O5. The zero-order chi connectivity index (χ0) is 17.8. The lowest BCUT2D eigenvalue weighted by molar-refractivity contribution is -0.168. The zero-order valence-corrected chi connectivity index (χ0v) is 15.7. The molecule has 0 amide bonds. The molecular weight excluding hydrogens is 320 g/mol. The molecule has 5 nitrogen and oxygen atoms in total. The van der Waals surface area contributed by atoms with Crippen LogP contribution in [0, 0.1) is 34.5 Å². The fraction of sp³-hybridized carbons (Fsp3) is 0.950. The summed E-state index contributed by atoms with van der Waals surface area (Å²) in [4.78, 5) is 12.3. The summed E-state index contributed by atoms with van der Waals surface area (Å²) in [6.45, 7) is 4.84. The van der Waals surface area contributed by atoms with E-state index in [0.29, 0.717) is 36.1 Å². The molecule has 142 valence electrons. The quantitative estimate of drug-likeness (QED) is 0.624. The van der Waals surface area contributed by atoms with Crippen molar-refractivity contribution >= 4 is 5.97 Å². The van der Waals surface area contributed by atoms with Gasteiger partial charge in [0.15, 0.2) is 0 Å². The topological polar surface area (TPSA) is 65.0 Å². The molecule has 4 rings (SSSR count). The lowest BCUT2D eigenvalue weighted by Gasteiger charge is -2.59. The number of aliphatic hydroxyl groups excluding tert-OH is 1. The van der Waals surface area contributed by atoms with E-state index in [1.165, 1.54) is 6.42 Å². The minimum atomic E-state index is -0.910. The van der Waals surface area contributed by atoms with Gasteiger partial charge in [-0.05, 0) is 75.0 Å². The van der Waals surface area contributed by atoms with Crippen molar-refractivity contribution in [2.45, 2.75) is 71.2 Å². The second-order valence-electron chi connectivity index (χ2n) is 9.30. The predicted molar refractivity (Wildman–Crippen MR) is 91.3 cm³/mol. The SMILES string of the molecule is COCO[C@H]1CC[C@@]2(C)[C@@H](CC[C@H]3[C@H]4C(O)OC(=O)[C@@]4(C)CC[C@@H]32)C1. The average molecular weight is 352 g/mol. The number of carbonyl (C=O) groups excluding carboxylic acids is 1. The minimum absolute atomic E-state index is 0.0287. The highest BCUT2D eigenvalue weighted by molar-refractivity contribution is 5.79. The fourth-order valence-corrected chi connectivity index (χ4v) is 6.87. The first kappa shape index (κ1) is 17.7. The molecule has 8 atom stereocenters. The molecule has 1 N–H and O–H groups in total. The Morgan fingerprint density at radius 1 is 1.20 bits per heavy atom. The van der Waals surface area contributed by atoms with E-state index in [4.69, 9.17) is 14.2 Å². The third-order valence-corrected chi connectivity index (χ3v) is 8.29. The van der Waals surface area contributed by atoms with Crippen molar-refractivity contribution < 1.29 is 24.1 Å². The zero-order valence-electron chi connectivity index (χ0n) is 15.7. The Bertz CT molecular complexity index is 536. The lowest BCUT2D eigenvalue weighted by Crippen LogP contribution is -2.55. The summed E-state index contributed by atoms with van der Waals surface area (Å²) in [5.41, 5.74) is -0.189. The van der Waals surface area contributed by atoms with Crippen molar-refractivity contribution in [3.63, 3.8) is 0 Å². The Morgan fingerprint density at radius 3 is 2.76 bits per heavy atom. The summed E-state index contributed by atoms with van der Waals surface area (Å²) in [6, 6.07) is 0. The van der Waals surface area contributed by atoms with Crippen LogP contribution in [0.2, 0.25) is 0 Å². The Balaban J connectivity index is 1.54. The molecule has 0 aromatic carbocycles. The van der Waals surface area contributed by atoms with Crippen LogP contribution in [0.4, 0.5) is 0 Å². The largest absolute Gasteiger partial charge is 0.435 e. The Labute approximate surface area is 150 Å². The molecule has 0 aromatic rings. The molecule has 1 aliphatic heterocycles. The maximum absolute atomic E-state index is 12.3. The van der Waals surface area contributed by atoms with Gasteiger partial charge in [0.1, 0.15) is 6.79 Å². The van der Waals surface area contributed by atoms with Crippen molar-refractivity contribution in [1.29, 1.82) is 0 Å². The van der Waals surface area contributed by atoms with Gasteiger partial charge in [-0.15, -0.1) is 0 Å². The number of ether oxygens (including phenoxy) is 3. The molecule has 4 fully saturated rings. The molecule has 1 heterocycles.